The summed E-state index contributed by atoms with van der Waals surface area (Å²) in [6.07, 6.45) is -0.798. The molecule has 0 spiro atoms. The minimum atomic E-state index is -0.529. The van der Waals surface area contributed by atoms with Crippen LogP contribution in [-0.4, -0.2) is 51.0 Å². The van der Waals surface area contributed by atoms with Crippen LogP contribution in [0.25, 0.3) is 0 Å². The van der Waals surface area contributed by atoms with E-state index in [1.54, 1.807) is 13.2 Å². The second kappa shape index (κ2) is 7.02. The molecule has 7 heteroatoms. The third-order valence-corrected chi connectivity index (χ3v) is 4.40. The third-order valence-electron chi connectivity index (χ3n) is 4.04. The molecule has 0 bridgehead atoms. The van der Waals surface area contributed by atoms with E-state index >= 15 is 0 Å². The Kier molecular flexibility index (Phi) is 5.05. The van der Waals surface area contributed by atoms with Crippen molar-refractivity contribution in [3.63, 3.8) is 0 Å². The highest BCUT2D eigenvalue weighted by Gasteiger charge is 2.32. The zero-order chi connectivity index (χ0) is 15.5. The molecule has 0 radical (unpaired) electrons. The van der Waals surface area contributed by atoms with Crippen LogP contribution in [0.15, 0.2) is 12.1 Å². The fourth-order valence-electron chi connectivity index (χ4n) is 2.71. The normalized spacial score (nSPS) is 27.1. The minimum absolute atomic E-state index is 0.00788. The predicted molar refractivity (Wildman–Crippen MR) is 80.4 cm³/mol. The fourth-order valence-corrected chi connectivity index (χ4v) is 2.93. The predicted octanol–water partition coefficient (Wildman–Crippen LogP) is 1.18. The number of hydrogen-bond acceptors (Lipinski definition) is 6. The second-order valence-corrected chi connectivity index (χ2v) is 5.90. The number of benzene rings is 1. The number of aliphatic hydroxyl groups is 1. The van der Waals surface area contributed by atoms with Crippen LogP contribution in [0.3, 0.4) is 0 Å². The standard InChI is InChI=1S/C15H20ClNO5/c1-19-14-7-20-6-10(15(14)18)5-17-4-9-2-12-13(3-11(9)16)22-8-21-12/h2-3,10,14-15,17-18H,4-8H2,1H3/t10-,14-,15+/m1/s1. The molecule has 0 aromatic heterocycles. The first-order valence-corrected chi connectivity index (χ1v) is 7.64. The molecule has 1 aromatic carbocycles. The Morgan fingerprint density at radius 3 is 2.86 bits per heavy atom. The van der Waals surface area contributed by atoms with Crippen molar-refractivity contribution < 1.29 is 24.1 Å². The van der Waals surface area contributed by atoms with Gasteiger partial charge in [-0.1, -0.05) is 11.6 Å². The molecule has 0 unspecified atom stereocenters. The van der Waals surface area contributed by atoms with Crippen molar-refractivity contribution in [2.75, 3.05) is 33.7 Å². The van der Waals surface area contributed by atoms with E-state index in [9.17, 15) is 5.11 Å². The molecule has 2 aliphatic heterocycles. The highest BCUT2D eigenvalue weighted by Crippen LogP contribution is 2.36. The number of halogens is 1. The van der Waals surface area contributed by atoms with Crippen molar-refractivity contribution in [3.8, 4) is 11.5 Å². The van der Waals surface area contributed by atoms with Crippen molar-refractivity contribution in [1.29, 1.82) is 0 Å². The third kappa shape index (κ3) is 3.31. The first-order valence-electron chi connectivity index (χ1n) is 7.26. The molecule has 122 valence electrons. The Morgan fingerprint density at radius 2 is 2.09 bits per heavy atom. The van der Waals surface area contributed by atoms with E-state index in [1.165, 1.54) is 0 Å². The monoisotopic (exact) mass is 329 g/mol. The van der Waals surface area contributed by atoms with Gasteiger partial charge in [0.25, 0.3) is 0 Å². The molecule has 0 saturated carbocycles. The summed E-state index contributed by atoms with van der Waals surface area (Å²) in [6, 6.07) is 3.64. The quantitative estimate of drug-likeness (QED) is 0.845. The topological polar surface area (TPSA) is 69.2 Å². The van der Waals surface area contributed by atoms with Crippen LogP contribution in [0, 0.1) is 5.92 Å². The van der Waals surface area contributed by atoms with Crippen LogP contribution in [-0.2, 0) is 16.0 Å². The summed E-state index contributed by atoms with van der Waals surface area (Å²) in [4.78, 5) is 0. The molecule has 1 fully saturated rings. The van der Waals surface area contributed by atoms with Gasteiger partial charge in [0.1, 0.15) is 6.10 Å². The number of methoxy groups -OCH3 is 1. The lowest BCUT2D eigenvalue weighted by atomic mass is 9.96. The molecule has 1 saturated heterocycles. The van der Waals surface area contributed by atoms with Gasteiger partial charge in [-0.15, -0.1) is 0 Å². The van der Waals surface area contributed by atoms with Gasteiger partial charge in [-0.05, 0) is 11.6 Å². The Labute approximate surface area is 134 Å². The van der Waals surface area contributed by atoms with Crippen molar-refractivity contribution in [2.24, 2.45) is 5.92 Å². The number of fused-ring (bicyclic) bond motifs is 1. The van der Waals surface area contributed by atoms with Gasteiger partial charge in [-0.2, -0.15) is 0 Å². The maximum atomic E-state index is 10.2. The maximum absolute atomic E-state index is 10.2. The zero-order valence-electron chi connectivity index (χ0n) is 12.4. The molecule has 0 amide bonds. The van der Waals surface area contributed by atoms with Crippen molar-refractivity contribution in [1.82, 2.24) is 5.32 Å². The number of hydrogen-bond donors (Lipinski definition) is 2. The van der Waals surface area contributed by atoms with Crippen LogP contribution in [0.4, 0.5) is 0 Å². The first kappa shape index (κ1) is 15.8. The van der Waals surface area contributed by atoms with E-state index < -0.39 is 6.10 Å². The molecule has 6 nitrogen and oxygen atoms in total. The Bertz CT molecular complexity index is 527. The summed E-state index contributed by atoms with van der Waals surface area (Å²) in [7, 11) is 1.58. The van der Waals surface area contributed by atoms with E-state index in [0.29, 0.717) is 42.8 Å². The van der Waals surface area contributed by atoms with E-state index in [2.05, 4.69) is 5.32 Å². The van der Waals surface area contributed by atoms with Crippen LogP contribution < -0.4 is 14.8 Å². The number of aliphatic hydroxyl groups excluding tert-OH is 1. The van der Waals surface area contributed by atoms with Gasteiger partial charge >= 0.3 is 0 Å². The highest BCUT2D eigenvalue weighted by atomic mass is 35.5. The highest BCUT2D eigenvalue weighted by molar-refractivity contribution is 6.31. The molecule has 2 aliphatic rings. The van der Waals surface area contributed by atoms with Gasteiger partial charge in [0.05, 0.1) is 19.3 Å². The summed E-state index contributed by atoms with van der Waals surface area (Å²) in [5.74, 6) is 1.38. The van der Waals surface area contributed by atoms with Crippen LogP contribution in [0.2, 0.25) is 5.02 Å². The van der Waals surface area contributed by atoms with Gasteiger partial charge in [0.15, 0.2) is 11.5 Å². The lowest BCUT2D eigenvalue weighted by molar-refractivity contribution is -0.133. The van der Waals surface area contributed by atoms with Gasteiger partial charge < -0.3 is 29.4 Å². The molecule has 3 rings (SSSR count). The van der Waals surface area contributed by atoms with Gasteiger partial charge in [-0.3, -0.25) is 0 Å². The van der Waals surface area contributed by atoms with E-state index in [-0.39, 0.29) is 18.8 Å². The molecule has 2 heterocycles. The Morgan fingerprint density at radius 1 is 1.32 bits per heavy atom. The Hall–Kier alpha value is -1.05. The summed E-state index contributed by atoms with van der Waals surface area (Å²) >= 11 is 6.23. The summed E-state index contributed by atoms with van der Waals surface area (Å²) in [5, 5.41) is 14.1. The minimum Gasteiger partial charge on any atom is -0.454 e. The summed E-state index contributed by atoms with van der Waals surface area (Å²) in [5.41, 5.74) is 0.931. The molecular formula is C15H20ClNO5. The first-order chi connectivity index (χ1) is 10.7. The van der Waals surface area contributed by atoms with Crippen molar-refractivity contribution >= 4 is 11.6 Å². The number of ether oxygens (including phenoxy) is 4. The van der Waals surface area contributed by atoms with Gasteiger partial charge in [0, 0.05) is 37.2 Å². The molecule has 22 heavy (non-hydrogen) atoms. The average Bonchev–Trinajstić information content (AvgIpc) is 2.96. The van der Waals surface area contributed by atoms with Gasteiger partial charge in [0.2, 0.25) is 6.79 Å². The molecule has 1 aromatic rings. The SMILES string of the molecule is CO[C@@H]1COC[C@@H](CNCc2cc3c(cc2Cl)OCO3)[C@@H]1O. The Balaban J connectivity index is 1.55. The second-order valence-electron chi connectivity index (χ2n) is 5.49. The number of rotatable bonds is 5. The molecule has 0 aliphatic carbocycles. The van der Waals surface area contributed by atoms with E-state index in [0.717, 1.165) is 5.56 Å². The van der Waals surface area contributed by atoms with Crippen LogP contribution in [0.5, 0.6) is 11.5 Å². The van der Waals surface area contributed by atoms with Crippen molar-refractivity contribution in [2.45, 2.75) is 18.8 Å². The maximum Gasteiger partial charge on any atom is 0.231 e. The lowest BCUT2D eigenvalue weighted by Gasteiger charge is -2.33. The average molecular weight is 330 g/mol. The number of nitrogens with one attached hydrogen (secondary N) is 1. The summed E-state index contributed by atoms with van der Waals surface area (Å²) < 4.78 is 21.3. The molecule has 3 atom stereocenters. The fraction of sp³-hybridized carbons (Fsp3) is 0.600. The van der Waals surface area contributed by atoms with Crippen LogP contribution >= 0.6 is 11.6 Å². The smallest absolute Gasteiger partial charge is 0.231 e. The molecular weight excluding hydrogens is 310 g/mol. The zero-order valence-corrected chi connectivity index (χ0v) is 13.1. The van der Waals surface area contributed by atoms with Gasteiger partial charge in [-0.25, -0.2) is 0 Å². The largest absolute Gasteiger partial charge is 0.454 e. The van der Waals surface area contributed by atoms with Crippen molar-refractivity contribution in [3.05, 3.63) is 22.7 Å². The van der Waals surface area contributed by atoms with E-state index in [1.807, 2.05) is 6.07 Å². The lowest BCUT2D eigenvalue weighted by Crippen LogP contribution is -2.48. The van der Waals surface area contributed by atoms with E-state index in [4.69, 9.17) is 30.5 Å². The molecule has 2 N–H and O–H groups in total. The van der Waals surface area contributed by atoms with Crippen LogP contribution in [0.1, 0.15) is 5.56 Å². The summed E-state index contributed by atoms with van der Waals surface area (Å²) in [6.45, 7) is 2.37.